The summed E-state index contributed by atoms with van der Waals surface area (Å²) in [5.74, 6) is 0.541. The van der Waals surface area contributed by atoms with Crippen LogP contribution in [0.2, 0.25) is 5.02 Å². The number of amides is 2. The van der Waals surface area contributed by atoms with Gasteiger partial charge in [-0.1, -0.05) is 23.7 Å². The number of piperidine rings is 1. The smallest absolute Gasteiger partial charge is 0.276 e. The highest BCUT2D eigenvalue weighted by Crippen LogP contribution is 2.27. The molecule has 1 saturated heterocycles. The van der Waals surface area contributed by atoms with Gasteiger partial charge in [-0.05, 0) is 30.7 Å². The van der Waals surface area contributed by atoms with Crippen LogP contribution in [-0.4, -0.2) is 41.1 Å². The highest BCUT2D eigenvalue weighted by Gasteiger charge is 2.35. The van der Waals surface area contributed by atoms with Crippen molar-refractivity contribution in [1.29, 1.82) is 0 Å². The van der Waals surface area contributed by atoms with Crippen LogP contribution in [0.15, 0.2) is 34.9 Å². The van der Waals surface area contributed by atoms with E-state index >= 15 is 0 Å². The molecule has 3 rings (SSSR count). The minimum absolute atomic E-state index is 0.141. The Morgan fingerprint density at radius 1 is 1.36 bits per heavy atom. The zero-order chi connectivity index (χ0) is 20.1. The predicted molar refractivity (Wildman–Crippen MR) is 104 cm³/mol. The Kier molecular flexibility index (Phi) is 6.57. The molecular weight excluding hydrogens is 382 g/mol. The van der Waals surface area contributed by atoms with Gasteiger partial charge in [0.05, 0.1) is 0 Å². The largest absolute Gasteiger partial charge is 0.490 e. The highest BCUT2D eigenvalue weighted by molar-refractivity contribution is 6.30. The molecule has 2 heterocycles. The molecule has 2 atom stereocenters. The molecule has 1 aromatic carbocycles. The quantitative estimate of drug-likeness (QED) is 0.763. The number of rotatable bonds is 7. The van der Waals surface area contributed by atoms with Gasteiger partial charge in [-0.2, -0.15) is 0 Å². The van der Waals surface area contributed by atoms with Crippen LogP contribution in [0.3, 0.4) is 0 Å². The molecule has 0 aliphatic carbocycles. The van der Waals surface area contributed by atoms with E-state index in [0.29, 0.717) is 41.7 Å². The van der Waals surface area contributed by atoms with Crippen LogP contribution in [0.5, 0.6) is 5.75 Å². The molecule has 150 valence electrons. The van der Waals surface area contributed by atoms with Crippen molar-refractivity contribution >= 4 is 23.4 Å². The number of primary amides is 1. The van der Waals surface area contributed by atoms with E-state index in [1.165, 1.54) is 0 Å². The van der Waals surface area contributed by atoms with Crippen LogP contribution in [0.1, 0.15) is 42.4 Å². The number of nitrogens with zero attached hydrogens (tertiary/aromatic N) is 2. The van der Waals surface area contributed by atoms with Crippen LogP contribution < -0.4 is 10.5 Å². The molecule has 2 aromatic rings. The number of aryl methyl sites for hydroxylation is 1. The minimum atomic E-state index is -0.421. The second-order valence-corrected chi connectivity index (χ2v) is 7.45. The van der Waals surface area contributed by atoms with Crippen molar-refractivity contribution in [3.63, 3.8) is 0 Å². The maximum absolute atomic E-state index is 12.8. The Balaban J connectivity index is 1.69. The molecule has 0 saturated carbocycles. The Morgan fingerprint density at radius 3 is 2.79 bits per heavy atom. The van der Waals surface area contributed by atoms with E-state index in [1.807, 2.05) is 6.92 Å². The SMILES string of the molecule is CCCc1cc(C(=O)N2CC[C@H](Oc3ccc(Cl)cc3)[C@@H](CC(N)=O)C2)no1. The predicted octanol–water partition coefficient (Wildman–Crippen LogP) is 3.07. The average molecular weight is 406 g/mol. The van der Waals surface area contributed by atoms with Crippen molar-refractivity contribution in [2.45, 2.75) is 38.7 Å². The number of hydrogen-bond donors (Lipinski definition) is 1. The van der Waals surface area contributed by atoms with Crippen molar-refractivity contribution in [2.75, 3.05) is 13.1 Å². The summed E-state index contributed by atoms with van der Waals surface area (Å²) in [6.07, 6.45) is 2.16. The molecule has 2 amide bonds. The summed E-state index contributed by atoms with van der Waals surface area (Å²) < 4.78 is 11.3. The van der Waals surface area contributed by atoms with Gasteiger partial charge in [-0.25, -0.2) is 0 Å². The van der Waals surface area contributed by atoms with E-state index in [4.69, 9.17) is 26.6 Å². The Morgan fingerprint density at radius 2 is 2.11 bits per heavy atom. The summed E-state index contributed by atoms with van der Waals surface area (Å²) in [6.45, 7) is 2.90. The maximum atomic E-state index is 12.8. The molecule has 2 N–H and O–H groups in total. The summed E-state index contributed by atoms with van der Waals surface area (Å²) in [7, 11) is 0. The number of nitrogens with two attached hydrogens (primary N) is 1. The molecule has 0 spiro atoms. The summed E-state index contributed by atoms with van der Waals surface area (Å²) in [6, 6.07) is 8.75. The van der Waals surface area contributed by atoms with Crippen LogP contribution in [-0.2, 0) is 11.2 Å². The number of carbonyl (C=O) groups is 2. The van der Waals surface area contributed by atoms with Gasteiger partial charge in [0.1, 0.15) is 17.6 Å². The molecule has 7 nitrogen and oxygen atoms in total. The Bertz CT molecular complexity index is 821. The van der Waals surface area contributed by atoms with Gasteiger partial charge in [0.25, 0.3) is 5.91 Å². The number of aromatic nitrogens is 1. The lowest BCUT2D eigenvalue weighted by molar-refractivity contribution is -0.120. The first-order chi connectivity index (χ1) is 13.5. The molecule has 0 radical (unpaired) electrons. The summed E-state index contributed by atoms with van der Waals surface area (Å²) in [5.41, 5.74) is 5.72. The lowest BCUT2D eigenvalue weighted by Gasteiger charge is -2.37. The number of carbonyl (C=O) groups excluding carboxylic acids is 2. The topological polar surface area (TPSA) is 98.7 Å². The van der Waals surface area contributed by atoms with Gasteiger partial charge in [0.15, 0.2) is 5.69 Å². The van der Waals surface area contributed by atoms with E-state index in [0.717, 1.165) is 12.8 Å². The number of hydrogen-bond acceptors (Lipinski definition) is 5. The van der Waals surface area contributed by atoms with Crippen LogP contribution in [0.25, 0.3) is 0 Å². The summed E-state index contributed by atoms with van der Waals surface area (Å²) in [4.78, 5) is 26.0. The molecule has 8 heteroatoms. The number of halogens is 1. The average Bonchev–Trinajstić information content (AvgIpc) is 3.13. The normalized spacial score (nSPS) is 19.4. The van der Waals surface area contributed by atoms with E-state index in [9.17, 15) is 9.59 Å². The fourth-order valence-corrected chi connectivity index (χ4v) is 3.56. The lowest BCUT2D eigenvalue weighted by atomic mass is 9.91. The molecule has 1 fully saturated rings. The van der Waals surface area contributed by atoms with Gasteiger partial charge in [0, 0.05) is 49.4 Å². The summed E-state index contributed by atoms with van der Waals surface area (Å²) in [5, 5.41) is 4.51. The van der Waals surface area contributed by atoms with E-state index in [1.54, 1.807) is 35.2 Å². The third-order valence-electron chi connectivity index (χ3n) is 4.79. The molecule has 1 aromatic heterocycles. The first kappa shape index (κ1) is 20.2. The van der Waals surface area contributed by atoms with Crippen molar-refractivity contribution in [2.24, 2.45) is 11.7 Å². The fraction of sp³-hybridized carbons (Fsp3) is 0.450. The molecular formula is C20H24ClN3O4. The third kappa shape index (κ3) is 5.04. The van der Waals surface area contributed by atoms with Gasteiger partial charge in [0.2, 0.25) is 5.91 Å². The number of likely N-dealkylation sites (tertiary alicyclic amines) is 1. The molecule has 1 aliphatic rings. The van der Waals surface area contributed by atoms with Crippen molar-refractivity contribution in [3.05, 3.63) is 46.8 Å². The van der Waals surface area contributed by atoms with Gasteiger partial charge >= 0.3 is 0 Å². The minimum Gasteiger partial charge on any atom is -0.490 e. The van der Waals surface area contributed by atoms with Crippen molar-refractivity contribution in [3.8, 4) is 5.75 Å². The standard InChI is InChI=1S/C20H24ClN3O4/c1-2-3-16-11-17(23-28-16)20(26)24-9-8-18(13(12-24)10-19(22)25)27-15-6-4-14(21)5-7-15/h4-7,11,13,18H,2-3,8-10,12H2,1H3,(H2,22,25)/t13-,18-/m0/s1. The maximum Gasteiger partial charge on any atom is 0.276 e. The van der Waals surface area contributed by atoms with Gasteiger partial charge in [-0.3, -0.25) is 9.59 Å². The Hall–Kier alpha value is -2.54. The lowest BCUT2D eigenvalue weighted by Crippen LogP contribution is -2.49. The van der Waals surface area contributed by atoms with E-state index in [2.05, 4.69) is 5.16 Å². The highest BCUT2D eigenvalue weighted by atomic mass is 35.5. The monoisotopic (exact) mass is 405 g/mol. The van der Waals surface area contributed by atoms with Crippen molar-refractivity contribution in [1.82, 2.24) is 10.1 Å². The number of benzene rings is 1. The first-order valence-electron chi connectivity index (χ1n) is 9.41. The molecule has 0 bridgehead atoms. The zero-order valence-electron chi connectivity index (χ0n) is 15.8. The van der Waals surface area contributed by atoms with Crippen LogP contribution in [0, 0.1) is 5.92 Å². The van der Waals surface area contributed by atoms with Crippen molar-refractivity contribution < 1.29 is 18.8 Å². The fourth-order valence-electron chi connectivity index (χ4n) is 3.43. The first-order valence-corrected chi connectivity index (χ1v) is 9.79. The van der Waals surface area contributed by atoms with E-state index in [-0.39, 0.29) is 24.3 Å². The number of ether oxygens (including phenoxy) is 1. The third-order valence-corrected chi connectivity index (χ3v) is 5.04. The zero-order valence-corrected chi connectivity index (χ0v) is 16.5. The Labute approximate surface area is 168 Å². The van der Waals surface area contributed by atoms with E-state index < -0.39 is 5.91 Å². The second kappa shape index (κ2) is 9.10. The molecule has 28 heavy (non-hydrogen) atoms. The molecule has 1 aliphatic heterocycles. The van der Waals surface area contributed by atoms with Gasteiger partial charge < -0.3 is 19.9 Å². The van der Waals surface area contributed by atoms with Gasteiger partial charge in [-0.15, -0.1) is 0 Å². The van der Waals surface area contributed by atoms with Crippen LogP contribution >= 0.6 is 11.6 Å². The summed E-state index contributed by atoms with van der Waals surface area (Å²) >= 11 is 5.91. The van der Waals surface area contributed by atoms with Crippen LogP contribution in [0.4, 0.5) is 0 Å². The molecule has 0 unspecified atom stereocenters. The second-order valence-electron chi connectivity index (χ2n) is 7.01.